The number of alkyl carbamates (subject to hydrolysis) is 1. The maximum Gasteiger partial charge on any atom is 0.407 e. The number of aliphatic carboxylic acids is 1. The van der Waals surface area contributed by atoms with Gasteiger partial charge in [-0.3, -0.25) is 9.59 Å². The van der Waals surface area contributed by atoms with Gasteiger partial charge in [-0.1, -0.05) is 46.6 Å². The molecule has 0 spiro atoms. The number of carboxylic acid groups (broad SMARTS) is 1. The van der Waals surface area contributed by atoms with E-state index >= 15 is 0 Å². The van der Waals surface area contributed by atoms with Crippen LogP contribution in [0.5, 0.6) is 11.5 Å². The van der Waals surface area contributed by atoms with Gasteiger partial charge in [-0.05, 0) is 88.3 Å². The molecule has 0 heterocycles. The van der Waals surface area contributed by atoms with Crippen LogP contribution in [-0.2, 0) is 25.5 Å². The minimum absolute atomic E-state index is 0.0402. The first-order valence-electron chi connectivity index (χ1n) is 17.5. The molecule has 1 aromatic carbocycles. The number of carbonyl (C=O) groups excluding carboxylic acids is 2. The molecule has 0 aliphatic heterocycles. The van der Waals surface area contributed by atoms with Crippen molar-refractivity contribution in [3.63, 3.8) is 0 Å². The fraction of sp³-hybridized carbons (Fsp3) is 0.757. The Labute approximate surface area is 287 Å². The Hall–Kier alpha value is -3.05. The summed E-state index contributed by atoms with van der Waals surface area (Å²) in [5.41, 5.74) is -0.654. The minimum atomic E-state index is -1.06. The van der Waals surface area contributed by atoms with Crippen molar-refractivity contribution in [2.75, 3.05) is 34.0 Å². The molecule has 1 saturated carbocycles. The van der Waals surface area contributed by atoms with Crippen molar-refractivity contribution in [1.82, 2.24) is 10.6 Å². The number of aliphatic hydroxyl groups excluding tert-OH is 1. The van der Waals surface area contributed by atoms with Gasteiger partial charge in [0, 0.05) is 32.6 Å². The van der Waals surface area contributed by atoms with Gasteiger partial charge in [0.2, 0.25) is 5.91 Å². The second-order valence-corrected chi connectivity index (χ2v) is 15.0. The number of amides is 2. The maximum atomic E-state index is 13.5. The van der Waals surface area contributed by atoms with Gasteiger partial charge in [0.1, 0.15) is 5.60 Å². The van der Waals surface area contributed by atoms with Gasteiger partial charge in [-0.15, -0.1) is 0 Å². The Morgan fingerprint density at radius 1 is 0.958 bits per heavy atom. The second-order valence-electron chi connectivity index (χ2n) is 15.0. The summed E-state index contributed by atoms with van der Waals surface area (Å²) >= 11 is 0. The van der Waals surface area contributed by atoms with Crippen LogP contribution in [0.2, 0.25) is 0 Å². The number of carbonyl (C=O) groups is 3. The van der Waals surface area contributed by atoms with Crippen LogP contribution in [0.4, 0.5) is 4.79 Å². The summed E-state index contributed by atoms with van der Waals surface area (Å²) in [5, 5.41) is 27.4. The highest BCUT2D eigenvalue weighted by Gasteiger charge is 2.42. The molecule has 1 aliphatic carbocycles. The summed E-state index contributed by atoms with van der Waals surface area (Å²) in [6.45, 7) is 14.5. The Morgan fingerprint density at radius 3 is 2.17 bits per heavy atom. The molecule has 1 fully saturated rings. The van der Waals surface area contributed by atoms with Crippen LogP contribution in [0, 0.1) is 29.1 Å². The van der Waals surface area contributed by atoms with Crippen LogP contribution >= 0.6 is 0 Å². The van der Waals surface area contributed by atoms with Crippen molar-refractivity contribution < 1.29 is 43.5 Å². The lowest BCUT2D eigenvalue weighted by molar-refractivity contribution is -0.148. The smallest absolute Gasteiger partial charge is 0.407 e. The molecule has 0 bridgehead atoms. The van der Waals surface area contributed by atoms with Crippen molar-refractivity contribution in [3.8, 4) is 11.5 Å². The first-order chi connectivity index (χ1) is 22.5. The highest BCUT2D eigenvalue weighted by molar-refractivity contribution is 5.81. The zero-order valence-corrected chi connectivity index (χ0v) is 30.7. The average Bonchev–Trinajstić information content (AvgIpc) is 3.49. The van der Waals surface area contributed by atoms with E-state index in [0.29, 0.717) is 50.4 Å². The molecule has 0 unspecified atom stereocenters. The largest absolute Gasteiger partial charge is 0.493 e. The lowest BCUT2D eigenvalue weighted by Gasteiger charge is -2.33. The Morgan fingerprint density at radius 2 is 1.62 bits per heavy atom. The average molecular weight is 679 g/mol. The molecule has 11 heteroatoms. The number of rotatable bonds is 20. The molecule has 48 heavy (non-hydrogen) atoms. The standard InChI is InChI=1S/C37H62N2O9/c1-24(2)27(19-26-13-14-31(46-9)32(20-26)47-18-12-17-45-8)21-29(39-35(44)48-36(5,6)7)30(40)22-28(25(3)4)33(41)38-23-37(34(42)43)15-10-11-16-37/h13-14,20,24-25,27-30,40H,10-12,15-19,21-23H2,1-9H3,(H,38,41)(H,39,44)(H,42,43)/t27-,28-,29-,30-/m0/s1. The van der Waals surface area contributed by atoms with Crippen molar-refractivity contribution in [2.24, 2.45) is 29.1 Å². The molecule has 4 atom stereocenters. The molecule has 2 amide bonds. The summed E-state index contributed by atoms with van der Waals surface area (Å²) in [6, 6.07) is 5.15. The molecule has 0 aromatic heterocycles. The zero-order valence-electron chi connectivity index (χ0n) is 30.7. The monoisotopic (exact) mass is 678 g/mol. The summed E-state index contributed by atoms with van der Waals surface area (Å²) in [4.78, 5) is 38.6. The summed E-state index contributed by atoms with van der Waals surface area (Å²) in [5.74, 6) is -0.383. The number of hydrogen-bond donors (Lipinski definition) is 4. The lowest BCUT2D eigenvalue weighted by Crippen LogP contribution is -2.49. The van der Waals surface area contributed by atoms with Crippen molar-refractivity contribution in [3.05, 3.63) is 23.8 Å². The molecule has 11 nitrogen and oxygen atoms in total. The van der Waals surface area contributed by atoms with Crippen LogP contribution in [0.3, 0.4) is 0 Å². The Kier molecular flexibility index (Phi) is 16.5. The van der Waals surface area contributed by atoms with Crippen LogP contribution in [-0.4, -0.2) is 79.9 Å². The zero-order chi connectivity index (χ0) is 36.1. The molecular weight excluding hydrogens is 616 g/mol. The van der Waals surface area contributed by atoms with E-state index in [2.05, 4.69) is 24.5 Å². The molecule has 2 rings (SSSR count). The van der Waals surface area contributed by atoms with Gasteiger partial charge in [-0.2, -0.15) is 0 Å². The van der Waals surface area contributed by atoms with Crippen molar-refractivity contribution in [1.29, 1.82) is 0 Å². The number of methoxy groups -OCH3 is 2. The third kappa shape index (κ3) is 13.1. The third-order valence-corrected chi connectivity index (χ3v) is 9.39. The quantitative estimate of drug-likeness (QED) is 0.122. The SMILES string of the molecule is COCCCOc1cc(C[C@@H](C[C@H](NC(=O)OC(C)(C)C)[C@@H](O)C[C@H](C(=O)NCC2(C(=O)O)CCCC2)C(C)C)C(C)C)ccc1OC. The first-order valence-corrected chi connectivity index (χ1v) is 17.5. The van der Waals surface area contributed by atoms with Gasteiger partial charge >= 0.3 is 12.1 Å². The van der Waals surface area contributed by atoms with E-state index in [1.165, 1.54) is 0 Å². The molecule has 4 N–H and O–H groups in total. The summed E-state index contributed by atoms with van der Waals surface area (Å²) < 4.78 is 22.2. The maximum absolute atomic E-state index is 13.5. The highest BCUT2D eigenvalue weighted by atomic mass is 16.6. The second kappa shape index (κ2) is 19.2. The van der Waals surface area contributed by atoms with E-state index in [1.807, 2.05) is 32.0 Å². The number of aliphatic hydroxyl groups is 1. The molecule has 1 aliphatic rings. The Balaban J connectivity index is 2.28. The van der Waals surface area contributed by atoms with Crippen LogP contribution in [0.15, 0.2) is 18.2 Å². The molecule has 274 valence electrons. The highest BCUT2D eigenvalue weighted by Crippen LogP contribution is 2.38. The van der Waals surface area contributed by atoms with Gasteiger partial charge in [-0.25, -0.2) is 4.79 Å². The predicted molar refractivity (Wildman–Crippen MR) is 185 cm³/mol. The van der Waals surface area contributed by atoms with Gasteiger partial charge in [0.15, 0.2) is 11.5 Å². The van der Waals surface area contributed by atoms with E-state index in [4.69, 9.17) is 18.9 Å². The minimum Gasteiger partial charge on any atom is -0.493 e. The van der Waals surface area contributed by atoms with Gasteiger partial charge < -0.3 is 39.8 Å². The predicted octanol–water partition coefficient (Wildman–Crippen LogP) is 5.99. The lowest BCUT2D eigenvalue weighted by atomic mass is 9.80. The molecule has 0 radical (unpaired) electrons. The Bertz CT molecular complexity index is 1160. The van der Waals surface area contributed by atoms with E-state index in [-0.39, 0.29) is 36.6 Å². The normalized spacial score (nSPS) is 17.0. The van der Waals surface area contributed by atoms with Crippen LogP contribution < -0.4 is 20.1 Å². The number of nitrogens with one attached hydrogen (secondary N) is 2. The topological polar surface area (TPSA) is 153 Å². The van der Waals surface area contributed by atoms with Crippen molar-refractivity contribution >= 4 is 18.0 Å². The summed E-state index contributed by atoms with van der Waals surface area (Å²) in [7, 11) is 3.26. The third-order valence-electron chi connectivity index (χ3n) is 9.39. The molecule has 1 aromatic rings. The number of ether oxygens (including phenoxy) is 4. The van der Waals surface area contributed by atoms with E-state index in [1.54, 1.807) is 35.0 Å². The van der Waals surface area contributed by atoms with Crippen molar-refractivity contribution in [2.45, 2.75) is 118 Å². The van der Waals surface area contributed by atoms with E-state index in [0.717, 1.165) is 24.8 Å². The molecular formula is C37H62N2O9. The summed E-state index contributed by atoms with van der Waals surface area (Å²) in [6.07, 6.45) is 2.93. The fourth-order valence-electron chi connectivity index (χ4n) is 6.35. The number of hydrogen-bond acceptors (Lipinski definition) is 8. The van der Waals surface area contributed by atoms with Gasteiger partial charge in [0.25, 0.3) is 0 Å². The van der Waals surface area contributed by atoms with Crippen LogP contribution in [0.25, 0.3) is 0 Å². The fourth-order valence-corrected chi connectivity index (χ4v) is 6.35. The van der Waals surface area contributed by atoms with E-state index < -0.39 is 41.1 Å². The molecule has 0 saturated heterocycles. The first kappa shape index (κ1) is 41.1. The number of carboxylic acids is 1. The van der Waals surface area contributed by atoms with E-state index in [9.17, 15) is 24.6 Å². The van der Waals surface area contributed by atoms with Gasteiger partial charge in [0.05, 0.1) is 31.3 Å². The number of benzene rings is 1. The van der Waals surface area contributed by atoms with Crippen LogP contribution in [0.1, 0.15) is 99.0 Å².